The molecule has 1 aromatic carbocycles. The molecule has 4 nitrogen and oxygen atoms in total. The van der Waals surface area contributed by atoms with Gasteiger partial charge in [0.15, 0.2) is 5.82 Å². The van der Waals surface area contributed by atoms with Gasteiger partial charge in [0.25, 0.3) is 0 Å². The molecule has 0 atom stereocenters. The van der Waals surface area contributed by atoms with Gasteiger partial charge in [-0.05, 0) is 47.5 Å². The molecule has 1 aromatic heterocycles. The zero-order chi connectivity index (χ0) is 15.2. The van der Waals surface area contributed by atoms with Crippen molar-refractivity contribution in [3.05, 3.63) is 46.1 Å². The summed E-state index contributed by atoms with van der Waals surface area (Å²) in [6.07, 6.45) is 1.03. The first-order valence-electron chi connectivity index (χ1n) is 6.74. The van der Waals surface area contributed by atoms with Crippen molar-refractivity contribution in [3.63, 3.8) is 0 Å². The largest absolute Gasteiger partial charge is 0.486 e. The Bertz CT molecular complexity index is 622. The lowest BCUT2D eigenvalue weighted by molar-refractivity contribution is 0.295. The van der Waals surface area contributed by atoms with E-state index in [2.05, 4.69) is 38.1 Å². The molecule has 0 spiro atoms. The fraction of sp³-hybridized carbons (Fsp3) is 0.333. The summed E-state index contributed by atoms with van der Waals surface area (Å²) < 4.78 is 19.1. The molecule has 2 rings (SSSR count). The minimum Gasteiger partial charge on any atom is -0.486 e. The summed E-state index contributed by atoms with van der Waals surface area (Å²) in [7, 11) is 0. The van der Waals surface area contributed by atoms with Crippen LogP contribution >= 0.6 is 15.9 Å². The summed E-state index contributed by atoms with van der Waals surface area (Å²) in [6.45, 7) is 5.11. The Kier molecular flexibility index (Phi) is 5.50. The third kappa shape index (κ3) is 4.67. The molecule has 2 aromatic rings. The summed E-state index contributed by atoms with van der Waals surface area (Å²) in [4.78, 5) is 8.73. The summed E-state index contributed by atoms with van der Waals surface area (Å²) in [5.74, 6) is 1.63. The molecule has 0 amide bonds. The van der Waals surface area contributed by atoms with Gasteiger partial charge in [-0.15, -0.1) is 0 Å². The molecule has 21 heavy (non-hydrogen) atoms. The van der Waals surface area contributed by atoms with E-state index in [4.69, 9.17) is 4.74 Å². The molecular weight excluding hydrogens is 337 g/mol. The maximum atomic E-state index is 13.2. The monoisotopic (exact) mass is 353 g/mol. The molecular formula is C15H17BrFN3O. The van der Waals surface area contributed by atoms with Crippen molar-refractivity contribution in [1.29, 1.82) is 0 Å². The van der Waals surface area contributed by atoms with E-state index in [1.807, 2.05) is 13.0 Å². The second-order valence-electron chi connectivity index (χ2n) is 4.60. The molecule has 0 saturated heterocycles. The van der Waals surface area contributed by atoms with E-state index in [0.717, 1.165) is 24.5 Å². The van der Waals surface area contributed by atoms with E-state index >= 15 is 0 Å². The van der Waals surface area contributed by atoms with Crippen LogP contribution in [0.25, 0.3) is 0 Å². The molecule has 1 heterocycles. The number of nitrogens with zero attached hydrogens (tertiary/aromatic N) is 2. The zero-order valence-corrected chi connectivity index (χ0v) is 13.6. The molecule has 0 unspecified atom stereocenters. The van der Waals surface area contributed by atoms with Crippen molar-refractivity contribution in [3.8, 4) is 5.75 Å². The minimum atomic E-state index is -0.319. The maximum absolute atomic E-state index is 13.2. The summed E-state index contributed by atoms with van der Waals surface area (Å²) in [5, 5.41) is 3.23. The topological polar surface area (TPSA) is 47.0 Å². The summed E-state index contributed by atoms with van der Waals surface area (Å²) in [6, 6.07) is 6.41. The van der Waals surface area contributed by atoms with Crippen LogP contribution in [0.15, 0.2) is 28.7 Å². The number of hydrogen-bond donors (Lipinski definition) is 1. The fourth-order valence-electron chi connectivity index (χ4n) is 1.75. The third-order valence-electron chi connectivity index (χ3n) is 2.72. The molecule has 0 aliphatic carbocycles. The van der Waals surface area contributed by atoms with E-state index in [1.165, 1.54) is 6.07 Å². The average molecular weight is 354 g/mol. The Balaban J connectivity index is 2.05. The van der Waals surface area contributed by atoms with E-state index in [9.17, 15) is 4.39 Å². The highest BCUT2D eigenvalue weighted by atomic mass is 79.9. The van der Waals surface area contributed by atoms with Crippen molar-refractivity contribution < 1.29 is 9.13 Å². The van der Waals surface area contributed by atoms with E-state index in [0.29, 0.717) is 16.0 Å². The molecule has 6 heteroatoms. The lowest BCUT2D eigenvalue weighted by atomic mass is 10.3. The standard InChI is InChI=1S/C15H17BrFN3O/c1-3-6-18-14-7-10(2)19-15(20-14)9-21-11-4-5-13(17)12(16)8-11/h4-5,7-8H,3,6,9H2,1-2H3,(H,18,19,20). The molecule has 0 fully saturated rings. The fourth-order valence-corrected chi connectivity index (χ4v) is 2.11. The normalized spacial score (nSPS) is 10.5. The number of anilines is 1. The molecule has 1 N–H and O–H groups in total. The van der Waals surface area contributed by atoms with Crippen molar-refractivity contribution in [1.82, 2.24) is 9.97 Å². The van der Waals surface area contributed by atoms with Crippen LogP contribution in [0.3, 0.4) is 0 Å². The van der Waals surface area contributed by atoms with Crippen molar-refractivity contribution in [2.45, 2.75) is 26.9 Å². The van der Waals surface area contributed by atoms with Crippen LogP contribution in [-0.4, -0.2) is 16.5 Å². The Morgan fingerprint density at radius 2 is 2.10 bits per heavy atom. The average Bonchev–Trinajstić information content (AvgIpc) is 2.46. The van der Waals surface area contributed by atoms with Gasteiger partial charge in [0.2, 0.25) is 0 Å². The quantitative estimate of drug-likeness (QED) is 0.849. The van der Waals surface area contributed by atoms with Crippen molar-refractivity contribution >= 4 is 21.7 Å². The number of benzene rings is 1. The number of ether oxygens (including phenoxy) is 1. The highest BCUT2D eigenvalue weighted by molar-refractivity contribution is 9.10. The van der Waals surface area contributed by atoms with Crippen LogP contribution in [-0.2, 0) is 6.61 Å². The highest BCUT2D eigenvalue weighted by Gasteiger charge is 2.05. The first-order chi connectivity index (χ1) is 10.1. The van der Waals surface area contributed by atoms with Crippen LogP contribution in [0.4, 0.5) is 10.2 Å². The smallest absolute Gasteiger partial charge is 0.168 e. The predicted octanol–water partition coefficient (Wildman–Crippen LogP) is 4.09. The van der Waals surface area contributed by atoms with E-state index in [1.54, 1.807) is 12.1 Å². The second kappa shape index (κ2) is 7.36. The van der Waals surface area contributed by atoms with Gasteiger partial charge >= 0.3 is 0 Å². The zero-order valence-electron chi connectivity index (χ0n) is 12.0. The van der Waals surface area contributed by atoms with Crippen LogP contribution in [0.2, 0.25) is 0 Å². The lowest BCUT2D eigenvalue weighted by Crippen LogP contribution is -2.08. The van der Waals surface area contributed by atoms with Crippen molar-refractivity contribution in [2.75, 3.05) is 11.9 Å². The first-order valence-corrected chi connectivity index (χ1v) is 7.54. The number of aryl methyl sites for hydroxylation is 1. The highest BCUT2D eigenvalue weighted by Crippen LogP contribution is 2.22. The SMILES string of the molecule is CCCNc1cc(C)nc(COc2ccc(F)c(Br)c2)n1. The lowest BCUT2D eigenvalue weighted by Gasteiger charge is -2.09. The Morgan fingerprint density at radius 1 is 1.29 bits per heavy atom. The van der Waals surface area contributed by atoms with Gasteiger partial charge < -0.3 is 10.1 Å². The molecule has 0 bridgehead atoms. The number of halogens is 2. The molecule has 0 saturated carbocycles. The van der Waals surface area contributed by atoms with Gasteiger partial charge in [0.1, 0.15) is 24.0 Å². The summed E-state index contributed by atoms with van der Waals surface area (Å²) >= 11 is 3.13. The van der Waals surface area contributed by atoms with Gasteiger partial charge in [-0.2, -0.15) is 0 Å². The van der Waals surface area contributed by atoms with Crippen LogP contribution in [0, 0.1) is 12.7 Å². The minimum absolute atomic E-state index is 0.237. The van der Waals surface area contributed by atoms with Gasteiger partial charge in [0, 0.05) is 18.3 Å². The molecule has 0 radical (unpaired) electrons. The van der Waals surface area contributed by atoms with Crippen LogP contribution in [0.5, 0.6) is 5.75 Å². The number of hydrogen-bond acceptors (Lipinski definition) is 4. The number of nitrogens with one attached hydrogen (secondary N) is 1. The van der Waals surface area contributed by atoms with Gasteiger partial charge in [-0.25, -0.2) is 14.4 Å². The molecule has 0 aliphatic heterocycles. The van der Waals surface area contributed by atoms with Gasteiger partial charge in [-0.1, -0.05) is 6.92 Å². The Hall–Kier alpha value is -1.69. The Labute approximate surface area is 131 Å². The predicted molar refractivity (Wildman–Crippen MR) is 84.0 cm³/mol. The number of aromatic nitrogens is 2. The van der Waals surface area contributed by atoms with E-state index in [-0.39, 0.29) is 12.4 Å². The Morgan fingerprint density at radius 3 is 2.81 bits per heavy atom. The molecule has 112 valence electrons. The van der Waals surface area contributed by atoms with Crippen LogP contribution in [0.1, 0.15) is 24.9 Å². The second-order valence-corrected chi connectivity index (χ2v) is 5.46. The third-order valence-corrected chi connectivity index (χ3v) is 3.32. The number of rotatable bonds is 6. The van der Waals surface area contributed by atoms with E-state index < -0.39 is 0 Å². The first kappa shape index (κ1) is 15.7. The van der Waals surface area contributed by atoms with Crippen LogP contribution < -0.4 is 10.1 Å². The van der Waals surface area contributed by atoms with Gasteiger partial charge in [-0.3, -0.25) is 0 Å². The maximum Gasteiger partial charge on any atom is 0.168 e. The molecule has 0 aliphatic rings. The van der Waals surface area contributed by atoms with Gasteiger partial charge in [0.05, 0.1) is 4.47 Å². The van der Waals surface area contributed by atoms with Crippen molar-refractivity contribution in [2.24, 2.45) is 0 Å². The summed E-state index contributed by atoms with van der Waals surface area (Å²) in [5.41, 5.74) is 0.877.